The van der Waals surface area contributed by atoms with Gasteiger partial charge in [-0.1, -0.05) is 6.07 Å². The van der Waals surface area contributed by atoms with Crippen molar-refractivity contribution >= 4 is 5.91 Å². The zero-order valence-corrected chi connectivity index (χ0v) is 13.7. The van der Waals surface area contributed by atoms with E-state index in [2.05, 4.69) is 20.1 Å². The van der Waals surface area contributed by atoms with E-state index in [1.54, 1.807) is 18.9 Å². The maximum atomic E-state index is 13.0. The maximum absolute atomic E-state index is 13.0. The van der Waals surface area contributed by atoms with Gasteiger partial charge < -0.3 is 14.4 Å². The van der Waals surface area contributed by atoms with Gasteiger partial charge in [0.25, 0.3) is 0 Å². The molecule has 0 aliphatic carbocycles. The molecule has 1 amide bonds. The van der Waals surface area contributed by atoms with Crippen LogP contribution in [0.15, 0.2) is 37.1 Å². The summed E-state index contributed by atoms with van der Waals surface area (Å²) >= 11 is 0. The standard InChI is InChI=1S/C17H22N6O/c24-16-17(5-8-23(16)11-15-3-1-2-6-18-15)4-7-21(12-17)9-10-22-13-19-20-14-22/h1-3,6,13-14H,4-5,7-12H2. The fraction of sp³-hybridized carbons (Fsp3) is 0.529. The first kappa shape index (κ1) is 15.3. The summed E-state index contributed by atoms with van der Waals surface area (Å²) in [6.07, 6.45) is 7.19. The second kappa shape index (κ2) is 6.32. The van der Waals surface area contributed by atoms with Crippen molar-refractivity contribution in [1.29, 1.82) is 0 Å². The molecular weight excluding hydrogens is 304 g/mol. The molecular formula is C17H22N6O. The van der Waals surface area contributed by atoms with E-state index in [0.29, 0.717) is 12.5 Å². The van der Waals surface area contributed by atoms with Gasteiger partial charge in [-0.25, -0.2) is 0 Å². The van der Waals surface area contributed by atoms with Crippen LogP contribution in [0.5, 0.6) is 0 Å². The molecule has 2 aliphatic heterocycles. The summed E-state index contributed by atoms with van der Waals surface area (Å²) in [5, 5.41) is 7.66. The Hall–Kier alpha value is -2.28. The van der Waals surface area contributed by atoms with Gasteiger partial charge in [-0.15, -0.1) is 10.2 Å². The number of hydrogen-bond acceptors (Lipinski definition) is 5. The molecule has 24 heavy (non-hydrogen) atoms. The summed E-state index contributed by atoms with van der Waals surface area (Å²) in [7, 11) is 0. The van der Waals surface area contributed by atoms with E-state index in [1.165, 1.54) is 0 Å². The predicted molar refractivity (Wildman–Crippen MR) is 87.8 cm³/mol. The van der Waals surface area contributed by atoms with Gasteiger partial charge in [-0.05, 0) is 31.5 Å². The van der Waals surface area contributed by atoms with Crippen molar-refractivity contribution in [1.82, 2.24) is 29.5 Å². The number of nitrogens with zero attached hydrogens (tertiary/aromatic N) is 6. The van der Waals surface area contributed by atoms with Crippen molar-refractivity contribution in [3.63, 3.8) is 0 Å². The number of likely N-dealkylation sites (tertiary alicyclic amines) is 2. The van der Waals surface area contributed by atoms with Crippen LogP contribution in [-0.4, -0.2) is 61.6 Å². The molecule has 2 fully saturated rings. The summed E-state index contributed by atoms with van der Waals surface area (Å²) in [5.41, 5.74) is 0.785. The molecule has 0 saturated carbocycles. The molecule has 0 aromatic carbocycles. The highest BCUT2D eigenvalue weighted by atomic mass is 16.2. The van der Waals surface area contributed by atoms with Crippen molar-refractivity contribution in [3.05, 3.63) is 42.7 Å². The van der Waals surface area contributed by atoms with Crippen LogP contribution in [0.25, 0.3) is 0 Å². The lowest BCUT2D eigenvalue weighted by atomic mass is 9.85. The Morgan fingerprint density at radius 1 is 1.08 bits per heavy atom. The molecule has 2 aromatic heterocycles. The van der Waals surface area contributed by atoms with Gasteiger partial charge in [-0.3, -0.25) is 9.78 Å². The van der Waals surface area contributed by atoms with Crippen LogP contribution < -0.4 is 0 Å². The van der Waals surface area contributed by atoms with Crippen molar-refractivity contribution in [2.45, 2.75) is 25.9 Å². The number of pyridine rings is 1. The van der Waals surface area contributed by atoms with Gasteiger partial charge >= 0.3 is 0 Å². The fourth-order valence-electron chi connectivity index (χ4n) is 3.85. The first-order chi connectivity index (χ1) is 11.8. The SMILES string of the molecule is O=C1N(Cc2ccccn2)CCC12CCN(CCn1cnnc1)C2. The Morgan fingerprint density at radius 2 is 1.92 bits per heavy atom. The van der Waals surface area contributed by atoms with E-state index in [1.807, 2.05) is 27.7 Å². The predicted octanol–water partition coefficient (Wildman–Crippen LogP) is 0.798. The van der Waals surface area contributed by atoms with E-state index < -0.39 is 0 Å². The molecule has 2 aliphatic rings. The average molecular weight is 326 g/mol. The summed E-state index contributed by atoms with van der Waals surface area (Å²) in [6, 6.07) is 5.86. The second-order valence-electron chi connectivity index (χ2n) is 6.80. The van der Waals surface area contributed by atoms with E-state index in [4.69, 9.17) is 0 Å². The molecule has 126 valence electrons. The number of rotatable bonds is 5. The topological polar surface area (TPSA) is 67.2 Å². The minimum Gasteiger partial charge on any atom is -0.336 e. The molecule has 4 rings (SSSR count). The van der Waals surface area contributed by atoms with Gasteiger partial charge in [0.15, 0.2) is 0 Å². The van der Waals surface area contributed by atoms with Crippen LogP contribution in [0.1, 0.15) is 18.5 Å². The molecule has 0 radical (unpaired) electrons. The van der Waals surface area contributed by atoms with Crippen LogP contribution in [0.3, 0.4) is 0 Å². The third-order valence-electron chi connectivity index (χ3n) is 5.25. The highest BCUT2D eigenvalue weighted by Gasteiger charge is 2.50. The molecule has 1 atom stereocenters. The van der Waals surface area contributed by atoms with Crippen molar-refractivity contribution < 1.29 is 4.79 Å². The Bertz CT molecular complexity index is 688. The number of carbonyl (C=O) groups excluding carboxylic acids is 1. The van der Waals surface area contributed by atoms with Crippen molar-refractivity contribution in [3.8, 4) is 0 Å². The average Bonchev–Trinajstić information content (AvgIpc) is 3.33. The lowest BCUT2D eigenvalue weighted by Gasteiger charge is -2.23. The van der Waals surface area contributed by atoms with Crippen LogP contribution in [0.4, 0.5) is 0 Å². The molecule has 2 saturated heterocycles. The Morgan fingerprint density at radius 3 is 2.71 bits per heavy atom. The van der Waals surface area contributed by atoms with E-state index in [0.717, 1.165) is 51.3 Å². The molecule has 7 heteroatoms. The van der Waals surface area contributed by atoms with Crippen LogP contribution in [-0.2, 0) is 17.9 Å². The highest BCUT2D eigenvalue weighted by molar-refractivity contribution is 5.85. The number of aromatic nitrogens is 4. The Kier molecular flexibility index (Phi) is 4.02. The van der Waals surface area contributed by atoms with Crippen LogP contribution in [0.2, 0.25) is 0 Å². The fourth-order valence-corrected chi connectivity index (χ4v) is 3.85. The quantitative estimate of drug-likeness (QED) is 0.813. The Labute approximate surface area is 141 Å². The smallest absolute Gasteiger partial charge is 0.230 e. The van der Waals surface area contributed by atoms with Crippen molar-refractivity contribution in [2.24, 2.45) is 5.41 Å². The Balaban J connectivity index is 1.35. The van der Waals surface area contributed by atoms with E-state index in [9.17, 15) is 4.79 Å². The molecule has 1 spiro atoms. The maximum Gasteiger partial charge on any atom is 0.230 e. The zero-order chi connectivity index (χ0) is 16.4. The minimum absolute atomic E-state index is 0.179. The summed E-state index contributed by atoms with van der Waals surface area (Å²) < 4.78 is 1.98. The first-order valence-electron chi connectivity index (χ1n) is 8.49. The number of carbonyl (C=O) groups is 1. The molecule has 0 N–H and O–H groups in total. The molecule has 2 aromatic rings. The van der Waals surface area contributed by atoms with Crippen molar-refractivity contribution in [2.75, 3.05) is 26.2 Å². The lowest BCUT2D eigenvalue weighted by Crippen LogP contribution is -2.37. The number of amides is 1. The van der Waals surface area contributed by atoms with Gasteiger partial charge in [0.1, 0.15) is 12.7 Å². The molecule has 1 unspecified atom stereocenters. The van der Waals surface area contributed by atoms with E-state index >= 15 is 0 Å². The van der Waals surface area contributed by atoms with Gasteiger partial charge in [0.05, 0.1) is 17.7 Å². The first-order valence-corrected chi connectivity index (χ1v) is 8.49. The minimum atomic E-state index is -0.179. The third-order valence-corrected chi connectivity index (χ3v) is 5.25. The van der Waals surface area contributed by atoms with Gasteiger partial charge in [-0.2, -0.15) is 0 Å². The second-order valence-corrected chi connectivity index (χ2v) is 6.80. The molecule has 7 nitrogen and oxygen atoms in total. The molecule has 0 bridgehead atoms. The van der Waals surface area contributed by atoms with Gasteiger partial charge in [0.2, 0.25) is 5.91 Å². The van der Waals surface area contributed by atoms with Gasteiger partial charge in [0, 0.05) is 32.4 Å². The summed E-state index contributed by atoms with van der Waals surface area (Å²) in [4.78, 5) is 21.7. The van der Waals surface area contributed by atoms with E-state index in [-0.39, 0.29) is 5.41 Å². The lowest BCUT2D eigenvalue weighted by molar-refractivity contribution is -0.136. The van der Waals surface area contributed by atoms with Crippen LogP contribution >= 0.6 is 0 Å². The summed E-state index contributed by atoms with van der Waals surface area (Å²) in [6.45, 7) is 5.14. The highest BCUT2D eigenvalue weighted by Crippen LogP contribution is 2.40. The monoisotopic (exact) mass is 326 g/mol. The number of hydrogen-bond donors (Lipinski definition) is 0. The summed E-state index contributed by atoms with van der Waals surface area (Å²) in [5.74, 6) is 0.306. The molecule has 4 heterocycles. The largest absolute Gasteiger partial charge is 0.336 e. The zero-order valence-electron chi connectivity index (χ0n) is 13.7. The van der Waals surface area contributed by atoms with Crippen LogP contribution in [0, 0.1) is 5.41 Å². The normalized spacial score (nSPS) is 24.3. The third kappa shape index (κ3) is 2.91.